The number of ketones is 1. The minimum atomic E-state index is -0.272. The van der Waals surface area contributed by atoms with Crippen LogP contribution in [0.15, 0.2) is 47.3 Å². The van der Waals surface area contributed by atoms with E-state index < -0.39 is 0 Å². The first kappa shape index (κ1) is 19.5. The number of carbonyl (C=O) groups is 1. The van der Waals surface area contributed by atoms with Crippen molar-refractivity contribution in [1.82, 2.24) is 0 Å². The smallest absolute Gasteiger partial charge is 0.204 e. The first-order valence-corrected chi connectivity index (χ1v) is 8.83. The topological polar surface area (TPSA) is 37.3 Å². The molecular weight excluding hydrogens is 284 g/mol. The molecule has 0 amide bonds. The number of aliphatic hydroxyl groups excluding tert-OH is 1. The fourth-order valence-corrected chi connectivity index (χ4v) is 3.18. The van der Waals surface area contributed by atoms with Crippen molar-refractivity contribution in [2.45, 2.75) is 66.2 Å². The molecule has 1 rings (SSSR count). The molecule has 0 heterocycles. The normalized spacial score (nSPS) is 22.7. The van der Waals surface area contributed by atoms with Crippen LogP contribution in [0.1, 0.15) is 66.2 Å². The van der Waals surface area contributed by atoms with Crippen LogP contribution < -0.4 is 0 Å². The summed E-state index contributed by atoms with van der Waals surface area (Å²) < 4.78 is 0. The van der Waals surface area contributed by atoms with Crippen LogP contribution in [0, 0.1) is 11.8 Å². The summed E-state index contributed by atoms with van der Waals surface area (Å²) in [7, 11) is 0. The van der Waals surface area contributed by atoms with E-state index in [0.29, 0.717) is 0 Å². The fourth-order valence-electron chi connectivity index (χ4n) is 3.18. The van der Waals surface area contributed by atoms with E-state index in [-0.39, 0.29) is 23.4 Å². The van der Waals surface area contributed by atoms with Gasteiger partial charge in [0.2, 0.25) is 5.78 Å². The third kappa shape index (κ3) is 5.85. The van der Waals surface area contributed by atoms with Gasteiger partial charge in [-0.2, -0.15) is 0 Å². The Labute approximate surface area is 141 Å². The monoisotopic (exact) mass is 316 g/mol. The molecule has 2 heteroatoms. The Morgan fingerprint density at radius 1 is 1.43 bits per heavy atom. The Morgan fingerprint density at radius 3 is 2.70 bits per heavy atom. The van der Waals surface area contributed by atoms with Gasteiger partial charge >= 0.3 is 0 Å². The second kappa shape index (κ2) is 9.54. The standard InChI is InChI=1S/C21H32O2/c1-6-8-9-10-17(7-2)14-20(22)21(23)19-13-16(5)11-12-18(19)15(3)4/h7,13-14,18-19,22H,3,6,8-12H2,1-2,4-5H3/b17-7-,20-14+/t18-,19-/m1/s1. The number of allylic oxidation sites excluding steroid dienone is 7. The van der Waals surface area contributed by atoms with E-state index in [2.05, 4.69) is 20.4 Å². The van der Waals surface area contributed by atoms with Gasteiger partial charge in [-0.3, -0.25) is 4.79 Å². The van der Waals surface area contributed by atoms with Crippen molar-refractivity contribution in [2.75, 3.05) is 0 Å². The summed E-state index contributed by atoms with van der Waals surface area (Å²) >= 11 is 0. The summed E-state index contributed by atoms with van der Waals surface area (Å²) in [6.07, 6.45) is 11.9. The molecule has 0 saturated heterocycles. The predicted molar refractivity (Wildman–Crippen MR) is 98.4 cm³/mol. The molecule has 1 N–H and O–H groups in total. The van der Waals surface area contributed by atoms with Gasteiger partial charge in [0.05, 0.1) is 5.92 Å². The molecule has 1 aliphatic carbocycles. The van der Waals surface area contributed by atoms with Crippen LogP contribution in [0.4, 0.5) is 0 Å². The maximum atomic E-state index is 12.7. The first-order valence-electron chi connectivity index (χ1n) is 8.83. The predicted octanol–water partition coefficient (Wildman–Crippen LogP) is 6.07. The lowest BCUT2D eigenvalue weighted by atomic mass is 9.75. The van der Waals surface area contributed by atoms with Crippen molar-refractivity contribution < 1.29 is 9.90 Å². The van der Waals surface area contributed by atoms with Crippen molar-refractivity contribution in [3.05, 3.63) is 47.3 Å². The fraction of sp³-hybridized carbons (Fsp3) is 0.571. The van der Waals surface area contributed by atoms with E-state index in [1.54, 1.807) is 6.08 Å². The van der Waals surface area contributed by atoms with Crippen molar-refractivity contribution in [1.29, 1.82) is 0 Å². The first-order chi connectivity index (χ1) is 10.9. The molecule has 128 valence electrons. The number of aliphatic hydroxyl groups is 1. The van der Waals surface area contributed by atoms with E-state index in [0.717, 1.165) is 43.3 Å². The number of hydrogen-bond acceptors (Lipinski definition) is 2. The lowest BCUT2D eigenvalue weighted by Gasteiger charge is -2.28. The molecular formula is C21H32O2. The molecule has 0 aromatic heterocycles. The molecule has 2 nitrogen and oxygen atoms in total. The molecule has 0 unspecified atom stereocenters. The Balaban J connectivity index is 2.89. The summed E-state index contributed by atoms with van der Waals surface area (Å²) in [4.78, 5) is 12.7. The van der Waals surface area contributed by atoms with Crippen molar-refractivity contribution in [3.63, 3.8) is 0 Å². The van der Waals surface area contributed by atoms with Gasteiger partial charge in [-0.25, -0.2) is 0 Å². The molecule has 0 fully saturated rings. The molecule has 23 heavy (non-hydrogen) atoms. The molecule has 0 radical (unpaired) electrons. The minimum Gasteiger partial charge on any atom is -0.504 e. The van der Waals surface area contributed by atoms with Gasteiger partial charge in [0, 0.05) is 0 Å². The van der Waals surface area contributed by atoms with Crippen LogP contribution in [-0.2, 0) is 4.79 Å². The zero-order valence-electron chi connectivity index (χ0n) is 15.2. The van der Waals surface area contributed by atoms with Crippen molar-refractivity contribution in [2.24, 2.45) is 11.8 Å². The Bertz CT molecular complexity index is 520. The number of carbonyl (C=O) groups excluding carboxylic acids is 1. The number of unbranched alkanes of at least 4 members (excludes halogenated alkanes) is 2. The SMILES string of the molecule is C=C(C)[C@H]1CCC(C)=C[C@H]1C(=O)/C(O)=C\C(=C/C)CCCCC. The summed E-state index contributed by atoms with van der Waals surface area (Å²) in [6, 6.07) is 0. The van der Waals surface area contributed by atoms with Crippen molar-refractivity contribution >= 4 is 5.78 Å². The second-order valence-corrected chi connectivity index (χ2v) is 6.74. The van der Waals surface area contributed by atoms with Gasteiger partial charge in [0.25, 0.3) is 0 Å². The Kier molecular flexibility index (Phi) is 8.08. The molecule has 0 aliphatic heterocycles. The second-order valence-electron chi connectivity index (χ2n) is 6.74. The van der Waals surface area contributed by atoms with Crippen LogP contribution in [0.3, 0.4) is 0 Å². The van der Waals surface area contributed by atoms with E-state index >= 15 is 0 Å². The minimum absolute atomic E-state index is 0.114. The summed E-state index contributed by atoms with van der Waals surface area (Å²) in [5.41, 5.74) is 3.28. The molecule has 0 saturated carbocycles. The van der Waals surface area contributed by atoms with Crippen LogP contribution in [0.25, 0.3) is 0 Å². The molecule has 0 spiro atoms. The third-order valence-electron chi connectivity index (χ3n) is 4.70. The summed E-state index contributed by atoms with van der Waals surface area (Å²) in [5, 5.41) is 10.3. The molecule has 0 bridgehead atoms. The molecule has 0 aromatic rings. The Hall–Kier alpha value is -1.57. The lowest BCUT2D eigenvalue weighted by molar-refractivity contribution is -0.121. The zero-order chi connectivity index (χ0) is 17.4. The lowest BCUT2D eigenvalue weighted by Crippen LogP contribution is -2.27. The van der Waals surface area contributed by atoms with Crippen LogP contribution in [0.2, 0.25) is 0 Å². The van der Waals surface area contributed by atoms with Crippen LogP contribution in [0.5, 0.6) is 0 Å². The highest BCUT2D eigenvalue weighted by atomic mass is 16.3. The van der Waals surface area contributed by atoms with E-state index in [1.807, 2.05) is 26.0 Å². The highest BCUT2D eigenvalue weighted by Crippen LogP contribution is 2.34. The largest absolute Gasteiger partial charge is 0.504 e. The average molecular weight is 316 g/mol. The van der Waals surface area contributed by atoms with Gasteiger partial charge in [0.15, 0.2) is 5.76 Å². The molecule has 0 aromatic carbocycles. The van der Waals surface area contributed by atoms with E-state index in [1.165, 1.54) is 12.0 Å². The number of Topliss-reactive ketones (excluding diaryl/α,β-unsaturated/α-hetero) is 1. The number of rotatable bonds is 8. The maximum Gasteiger partial charge on any atom is 0.204 e. The van der Waals surface area contributed by atoms with Crippen LogP contribution in [-0.4, -0.2) is 10.9 Å². The van der Waals surface area contributed by atoms with E-state index in [4.69, 9.17) is 0 Å². The van der Waals surface area contributed by atoms with Gasteiger partial charge in [0.1, 0.15) is 0 Å². The zero-order valence-corrected chi connectivity index (χ0v) is 15.2. The highest BCUT2D eigenvalue weighted by Gasteiger charge is 2.31. The molecule has 1 aliphatic rings. The molecule has 2 atom stereocenters. The highest BCUT2D eigenvalue weighted by molar-refractivity contribution is 5.97. The third-order valence-corrected chi connectivity index (χ3v) is 4.70. The van der Waals surface area contributed by atoms with Crippen LogP contribution >= 0.6 is 0 Å². The number of hydrogen-bond donors (Lipinski definition) is 1. The van der Waals surface area contributed by atoms with E-state index in [9.17, 15) is 9.90 Å². The quantitative estimate of drug-likeness (QED) is 0.194. The Morgan fingerprint density at radius 2 is 2.13 bits per heavy atom. The van der Waals surface area contributed by atoms with Crippen molar-refractivity contribution in [3.8, 4) is 0 Å². The van der Waals surface area contributed by atoms with Gasteiger partial charge in [-0.15, -0.1) is 0 Å². The summed E-state index contributed by atoms with van der Waals surface area (Å²) in [6.45, 7) is 12.2. The van der Waals surface area contributed by atoms with Gasteiger partial charge in [-0.1, -0.05) is 49.6 Å². The maximum absolute atomic E-state index is 12.7. The summed E-state index contributed by atoms with van der Waals surface area (Å²) in [5.74, 6) is -0.425. The van der Waals surface area contributed by atoms with Gasteiger partial charge in [-0.05, 0) is 64.0 Å². The van der Waals surface area contributed by atoms with Gasteiger partial charge < -0.3 is 5.11 Å². The average Bonchev–Trinajstić information content (AvgIpc) is 2.52.